The topological polar surface area (TPSA) is 18.5 Å². The van der Waals surface area contributed by atoms with Crippen LogP contribution in [-0.4, -0.2) is 26.2 Å². The van der Waals surface area contributed by atoms with Gasteiger partial charge in [-0.25, -0.2) is 0 Å². The van der Waals surface area contributed by atoms with Gasteiger partial charge in [0.25, 0.3) is 0 Å². The molecule has 0 aromatic heterocycles. The molecule has 1 aliphatic heterocycles. The van der Waals surface area contributed by atoms with Gasteiger partial charge in [-0.2, -0.15) is 0 Å². The van der Waals surface area contributed by atoms with Gasteiger partial charge < -0.3 is 9.31 Å². The zero-order valence-corrected chi connectivity index (χ0v) is 20.6. The molecule has 0 bridgehead atoms. The van der Waals surface area contributed by atoms with Gasteiger partial charge in [-0.3, -0.25) is 0 Å². The maximum Gasteiger partial charge on any atom is 0.494 e. The Kier molecular flexibility index (Phi) is 5.68. The summed E-state index contributed by atoms with van der Waals surface area (Å²) in [4.78, 5) is 0. The van der Waals surface area contributed by atoms with E-state index in [1.807, 2.05) is 12.1 Å². The van der Waals surface area contributed by atoms with Crippen LogP contribution in [0.3, 0.4) is 0 Å². The molecule has 0 aliphatic carbocycles. The summed E-state index contributed by atoms with van der Waals surface area (Å²) in [6.45, 7) is 16.9. The van der Waals surface area contributed by atoms with Gasteiger partial charge in [0, 0.05) is 0 Å². The van der Waals surface area contributed by atoms with Gasteiger partial charge in [-0.15, -0.1) is 0 Å². The molecule has 2 nitrogen and oxygen atoms in total. The maximum absolute atomic E-state index is 6.27. The lowest BCUT2D eigenvalue weighted by atomic mass is 9.76. The second kappa shape index (κ2) is 7.93. The summed E-state index contributed by atoms with van der Waals surface area (Å²) < 4.78 is 12.5. The van der Waals surface area contributed by atoms with Gasteiger partial charge in [-0.1, -0.05) is 54.0 Å². The van der Waals surface area contributed by atoms with Gasteiger partial charge in [0.05, 0.1) is 11.2 Å². The van der Waals surface area contributed by atoms with Crippen molar-refractivity contribution in [3.63, 3.8) is 0 Å². The van der Waals surface area contributed by atoms with E-state index in [-0.39, 0.29) is 18.3 Å². The summed E-state index contributed by atoms with van der Waals surface area (Å²) >= 11 is 0. The molecule has 0 spiro atoms. The Morgan fingerprint density at radius 3 is 1.34 bits per heavy atom. The molecule has 32 heavy (non-hydrogen) atoms. The summed E-state index contributed by atoms with van der Waals surface area (Å²) in [5.74, 6) is 0. The largest absolute Gasteiger partial charge is 0.494 e. The van der Waals surface area contributed by atoms with Crippen molar-refractivity contribution in [2.75, 3.05) is 0 Å². The van der Waals surface area contributed by atoms with Crippen LogP contribution in [0.25, 0.3) is 22.3 Å². The molecule has 0 amide bonds. The molecule has 4 rings (SSSR count). The molecule has 1 saturated heterocycles. The predicted octanol–water partition coefficient (Wildman–Crippen LogP) is 5.35. The Labute approximate surface area is 194 Å². The van der Waals surface area contributed by atoms with Crippen LogP contribution in [0.15, 0.2) is 48.5 Å². The van der Waals surface area contributed by atoms with E-state index in [0.29, 0.717) is 0 Å². The van der Waals surface area contributed by atoms with Crippen LogP contribution in [0.2, 0.25) is 0 Å². The third-order valence-corrected chi connectivity index (χ3v) is 7.10. The number of rotatable bonds is 3. The van der Waals surface area contributed by atoms with Gasteiger partial charge in [0.15, 0.2) is 0 Å². The minimum atomic E-state index is -0.342. The average Bonchev–Trinajstić information content (AvgIpc) is 2.89. The monoisotopic (exact) mass is 422 g/mol. The highest BCUT2D eigenvalue weighted by molar-refractivity contribution is 6.62. The molecule has 0 saturated carbocycles. The lowest BCUT2D eigenvalue weighted by Gasteiger charge is -2.32. The highest BCUT2D eigenvalue weighted by atomic mass is 16.7. The lowest BCUT2D eigenvalue weighted by Crippen LogP contribution is -2.41. The van der Waals surface area contributed by atoms with E-state index < -0.39 is 0 Å². The van der Waals surface area contributed by atoms with Crippen LogP contribution in [0.1, 0.15) is 49.9 Å². The Morgan fingerprint density at radius 1 is 0.625 bits per heavy atom. The number of hydrogen-bond donors (Lipinski definition) is 0. The molecule has 0 N–H and O–H groups in total. The summed E-state index contributed by atoms with van der Waals surface area (Å²) in [6.07, 6.45) is 0. The van der Waals surface area contributed by atoms with Gasteiger partial charge >= 0.3 is 7.12 Å². The second-order valence-corrected chi connectivity index (χ2v) is 10.2. The SMILES string of the molecule is [B]c1cc(C)c(-c2ccc(-c3c(C)cc(B4OC(C)(C)C(C)(C)O4)cc3C)cc2)c(C)c1. The van der Waals surface area contributed by atoms with Crippen molar-refractivity contribution < 1.29 is 9.31 Å². The van der Waals surface area contributed by atoms with E-state index in [9.17, 15) is 0 Å². The second-order valence-electron chi connectivity index (χ2n) is 10.2. The summed E-state index contributed by atoms with van der Waals surface area (Å²) in [5.41, 5.74) is 11.0. The Bertz CT molecular complexity index is 1110. The Balaban J connectivity index is 1.67. The van der Waals surface area contributed by atoms with Gasteiger partial charge in [0.1, 0.15) is 7.85 Å². The Hall–Kier alpha value is -2.29. The number of hydrogen-bond acceptors (Lipinski definition) is 2. The fourth-order valence-corrected chi connectivity index (χ4v) is 4.82. The van der Waals surface area contributed by atoms with Crippen molar-refractivity contribution in [1.82, 2.24) is 0 Å². The van der Waals surface area contributed by atoms with Gasteiger partial charge in [-0.05, 0) is 105 Å². The standard InChI is InChI=1S/C28H32B2O2/c1-17-13-23(29)14-18(2)25(17)21-9-11-22(12-10-21)26-19(3)15-24(16-20(26)4)30-31-27(5,6)28(7,8)32-30/h9-16H,1-8H3. The molecule has 2 radical (unpaired) electrons. The van der Waals surface area contributed by atoms with Crippen molar-refractivity contribution in [2.24, 2.45) is 0 Å². The molecule has 3 aromatic rings. The van der Waals surface area contributed by atoms with Crippen molar-refractivity contribution in [3.05, 3.63) is 70.8 Å². The quantitative estimate of drug-likeness (QED) is 0.530. The highest BCUT2D eigenvalue weighted by Crippen LogP contribution is 2.37. The van der Waals surface area contributed by atoms with Crippen LogP contribution >= 0.6 is 0 Å². The summed E-state index contributed by atoms with van der Waals surface area (Å²) in [6, 6.07) is 17.3. The smallest absolute Gasteiger partial charge is 0.399 e. The zero-order chi connectivity index (χ0) is 23.4. The van der Waals surface area contributed by atoms with E-state index >= 15 is 0 Å². The van der Waals surface area contributed by atoms with Crippen LogP contribution in [0, 0.1) is 27.7 Å². The van der Waals surface area contributed by atoms with Crippen molar-refractivity contribution in [3.8, 4) is 22.3 Å². The van der Waals surface area contributed by atoms with Gasteiger partial charge in [0.2, 0.25) is 0 Å². The minimum absolute atomic E-state index is 0.341. The predicted molar refractivity (Wildman–Crippen MR) is 137 cm³/mol. The number of aryl methyl sites for hydroxylation is 4. The molecular weight excluding hydrogens is 390 g/mol. The molecule has 162 valence electrons. The molecule has 0 unspecified atom stereocenters. The van der Waals surface area contributed by atoms with E-state index in [1.165, 1.54) is 44.5 Å². The third kappa shape index (κ3) is 3.95. The average molecular weight is 422 g/mol. The minimum Gasteiger partial charge on any atom is -0.399 e. The fourth-order valence-electron chi connectivity index (χ4n) is 4.82. The summed E-state index contributed by atoms with van der Waals surface area (Å²) in [5, 5.41) is 0. The van der Waals surface area contributed by atoms with Crippen molar-refractivity contribution in [1.29, 1.82) is 0 Å². The molecule has 3 aromatic carbocycles. The Morgan fingerprint density at radius 2 is 0.969 bits per heavy atom. The van der Waals surface area contributed by atoms with Crippen LogP contribution in [0.4, 0.5) is 0 Å². The normalized spacial score (nSPS) is 17.1. The van der Waals surface area contributed by atoms with E-state index in [2.05, 4.69) is 91.8 Å². The molecule has 1 heterocycles. The molecule has 0 atom stereocenters. The first-order valence-corrected chi connectivity index (χ1v) is 11.3. The first-order valence-electron chi connectivity index (χ1n) is 11.3. The number of benzene rings is 3. The first-order chi connectivity index (χ1) is 14.9. The van der Waals surface area contributed by atoms with E-state index in [1.54, 1.807) is 0 Å². The van der Waals surface area contributed by atoms with Crippen molar-refractivity contribution in [2.45, 2.75) is 66.6 Å². The zero-order valence-electron chi connectivity index (χ0n) is 20.6. The molecular formula is C28H32B2O2. The lowest BCUT2D eigenvalue weighted by molar-refractivity contribution is 0.00578. The van der Waals surface area contributed by atoms with E-state index in [0.717, 1.165) is 10.9 Å². The first kappa shape index (κ1) is 22.9. The van der Waals surface area contributed by atoms with Crippen LogP contribution in [-0.2, 0) is 9.31 Å². The van der Waals surface area contributed by atoms with Crippen LogP contribution < -0.4 is 10.9 Å². The molecule has 4 heteroatoms. The highest BCUT2D eigenvalue weighted by Gasteiger charge is 2.51. The molecule has 1 fully saturated rings. The van der Waals surface area contributed by atoms with E-state index in [4.69, 9.17) is 17.2 Å². The third-order valence-electron chi connectivity index (χ3n) is 7.10. The maximum atomic E-state index is 6.27. The van der Waals surface area contributed by atoms with Crippen LogP contribution in [0.5, 0.6) is 0 Å². The van der Waals surface area contributed by atoms with Crippen molar-refractivity contribution >= 4 is 25.9 Å². The summed E-state index contributed by atoms with van der Waals surface area (Å²) in [7, 11) is 5.67. The molecule has 1 aliphatic rings. The fraction of sp³-hybridized carbons (Fsp3) is 0.357.